The average molecular weight is 196 g/mol. The van der Waals surface area contributed by atoms with E-state index >= 15 is 0 Å². The predicted octanol–water partition coefficient (Wildman–Crippen LogP) is 3.96. The minimum atomic E-state index is 0.0207. The van der Waals surface area contributed by atoms with E-state index in [1.54, 1.807) is 0 Å². The number of carbonyl (C=O) groups excluding carboxylic acids is 1. The second-order valence-corrected chi connectivity index (χ2v) is 5.18. The number of hydrogen-bond donors (Lipinski definition) is 0. The maximum atomic E-state index is 12.2. The molecule has 0 radical (unpaired) electrons. The molecule has 0 bridgehead atoms. The molecule has 0 aromatic carbocycles. The zero-order valence-corrected chi connectivity index (χ0v) is 9.94. The Hall–Kier alpha value is -0.330. The van der Waals surface area contributed by atoms with Crippen molar-refractivity contribution in [3.63, 3.8) is 0 Å². The van der Waals surface area contributed by atoms with Gasteiger partial charge in [0.1, 0.15) is 5.78 Å². The monoisotopic (exact) mass is 196 g/mol. The molecule has 0 N–H and O–H groups in total. The lowest BCUT2D eigenvalue weighted by Gasteiger charge is -2.34. The van der Waals surface area contributed by atoms with Crippen molar-refractivity contribution < 1.29 is 4.79 Å². The molecule has 1 rings (SSSR count). The summed E-state index contributed by atoms with van der Waals surface area (Å²) < 4.78 is 0. The van der Waals surface area contributed by atoms with Crippen molar-refractivity contribution in [3.8, 4) is 0 Å². The third-order valence-electron chi connectivity index (χ3n) is 3.72. The van der Waals surface area contributed by atoms with E-state index in [1.165, 1.54) is 19.3 Å². The Morgan fingerprint density at radius 2 is 1.86 bits per heavy atom. The van der Waals surface area contributed by atoms with E-state index in [2.05, 4.69) is 20.8 Å². The molecule has 0 aliphatic heterocycles. The minimum Gasteiger partial charge on any atom is -0.299 e. The summed E-state index contributed by atoms with van der Waals surface area (Å²) in [4.78, 5) is 12.2. The van der Waals surface area contributed by atoms with Crippen LogP contribution in [0.1, 0.15) is 65.7 Å². The zero-order chi connectivity index (χ0) is 10.6. The van der Waals surface area contributed by atoms with Gasteiger partial charge in [-0.25, -0.2) is 0 Å². The summed E-state index contributed by atoms with van der Waals surface area (Å²) >= 11 is 0. The van der Waals surface area contributed by atoms with E-state index in [0.29, 0.717) is 5.78 Å². The summed E-state index contributed by atoms with van der Waals surface area (Å²) in [5.41, 5.74) is 0.0207. The number of Topliss-reactive ketones (excluding diaryl/α,β-unsaturated/α-hetero) is 1. The first-order valence-electron chi connectivity index (χ1n) is 6.14. The largest absolute Gasteiger partial charge is 0.299 e. The van der Waals surface area contributed by atoms with Gasteiger partial charge in [0.15, 0.2) is 0 Å². The fraction of sp³-hybridized carbons (Fsp3) is 0.923. The van der Waals surface area contributed by atoms with Crippen LogP contribution in [-0.2, 0) is 4.79 Å². The van der Waals surface area contributed by atoms with E-state index in [9.17, 15) is 4.79 Å². The van der Waals surface area contributed by atoms with Crippen molar-refractivity contribution in [2.75, 3.05) is 0 Å². The first-order chi connectivity index (χ1) is 6.60. The number of carbonyl (C=O) groups is 1. The summed E-state index contributed by atoms with van der Waals surface area (Å²) in [5.74, 6) is 0.808. The molecule has 0 spiro atoms. The topological polar surface area (TPSA) is 17.1 Å². The standard InChI is InChI=1S/C13H24O/c1-4-8-11(2)12(14)13(3)9-6-5-7-10-13/h11H,4-10H2,1-3H3. The molecule has 1 heteroatoms. The molecule has 1 saturated carbocycles. The van der Waals surface area contributed by atoms with Crippen molar-refractivity contribution in [3.05, 3.63) is 0 Å². The quantitative estimate of drug-likeness (QED) is 0.665. The van der Waals surface area contributed by atoms with Gasteiger partial charge in [0.25, 0.3) is 0 Å². The van der Waals surface area contributed by atoms with Gasteiger partial charge in [-0.05, 0) is 19.3 Å². The smallest absolute Gasteiger partial charge is 0.141 e. The molecule has 0 heterocycles. The molecule has 1 atom stereocenters. The average Bonchev–Trinajstić information content (AvgIpc) is 2.18. The lowest BCUT2D eigenvalue weighted by molar-refractivity contribution is -0.133. The van der Waals surface area contributed by atoms with Gasteiger partial charge in [-0.15, -0.1) is 0 Å². The highest BCUT2D eigenvalue weighted by Crippen LogP contribution is 2.39. The summed E-state index contributed by atoms with van der Waals surface area (Å²) in [6, 6.07) is 0. The Balaban J connectivity index is 2.56. The van der Waals surface area contributed by atoms with E-state index < -0.39 is 0 Å². The van der Waals surface area contributed by atoms with Crippen LogP contribution < -0.4 is 0 Å². The maximum absolute atomic E-state index is 12.2. The van der Waals surface area contributed by atoms with Crippen molar-refractivity contribution in [1.29, 1.82) is 0 Å². The number of rotatable bonds is 4. The van der Waals surface area contributed by atoms with Crippen LogP contribution in [0, 0.1) is 11.3 Å². The van der Waals surface area contributed by atoms with Gasteiger partial charge in [-0.1, -0.05) is 46.5 Å². The van der Waals surface area contributed by atoms with Crippen LogP contribution in [0.2, 0.25) is 0 Å². The number of hydrogen-bond acceptors (Lipinski definition) is 1. The van der Waals surface area contributed by atoms with Gasteiger partial charge in [0.2, 0.25) is 0 Å². The van der Waals surface area contributed by atoms with Gasteiger partial charge in [0.05, 0.1) is 0 Å². The van der Waals surface area contributed by atoms with E-state index in [0.717, 1.165) is 25.7 Å². The minimum absolute atomic E-state index is 0.0207. The van der Waals surface area contributed by atoms with E-state index in [-0.39, 0.29) is 11.3 Å². The molecule has 0 saturated heterocycles. The number of ketones is 1. The Kier molecular flexibility index (Phi) is 4.15. The second kappa shape index (κ2) is 4.95. The van der Waals surface area contributed by atoms with Gasteiger partial charge < -0.3 is 0 Å². The normalized spacial score (nSPS) is 23.1. The molecular formula is C13H24O. The van der Waals surface area contributed by atoms with Crippen LogP contribution in [-0.4, -0.2) is 5.78 Å². The van der Waals surface area contributed by atoms with Crippen LogP contribution in [0.3, 0.4) is 0 Å². The highest BCUT2D eigenvalue weighted by Gasteiger charge is 2.36. The summed E-state index contributed by atoms with van der Waals surface area (Å²) in [6.07, 6.45) is 8.27. The third kappa shape index (κ3) is 2.59. The Morgan fingerprint density at radius 3 is 2.36 bits per heavy atom. The van der Waals surface area contributed by atoms with Crippen molar-refractivity contribution in [2.24, 2.45) is 11.3 Å². The highest BCUT2D eigenvalue weighted by molar-refractivity contribution is 5.86. The molecule has 0 aromatic rings. The fourth-order valence-corrected chi connectivity index (χ4v) is 2.74. The van der Waals surface area contributed by atoms with Crippen LogP contribution >= 0.6 is 0 Å². The summed E-state index contributed by atoms with van der Waals surface area (Å²) in [5, 5.41) is 0. The second-order valence-electron chi connectivity index (χ2n) is 5.18. The predicted molar refractivity (Wildman–Crippen MR) is 60.3 cm³/mol. The lowest BCUT2D eigenvalue weighted by atomic mass is 9.69. The van der Waals surface area contributed by atoms with Gasteiger partial charge >= 0.3 is 0 Å². The lowest BCUT2D eigenvalue weighted by Crippen LogP contribution is -2.34. The molecule has 1 unspecified atom stereocenters. The molecule has 82 valence electrons. The summed E-state index contributed by atoms with van der Waals surface area (Å²) in [6.45, 7) is 6.44. The molecule has 1 nitrogen and oxygen atoms in total. The van der Waals surface area contributed by atoms with Crippen LogP contribution in [0.25, 0.3) is 0 Å². The molecular weight excluding hydrogens is 172 g/mol. The van der Waals surface area contributed by atoms with E-state index in [4.69, 9.17) is 0 Å². The van der Waals surface area contributed by atoms with Gasteiger partial charge in [0, 0.05) is 11.3 Å². The van der Waals surface area contributed by atoms with Crippen LogP contribution in [0.5, 0.6) is 0 Å². The molecule has 1 fully saturated rings. The van der Waals surface area contributed by atoms with Crippen LogP contribution in [0.15, 0.2) is 0 Å². The third-order valence-corrected chi connectivity index (χ3v) is 3.72. The van der Waals surface area contributed by atoms with Crippen LogP contribution in [0.4, 0.5) is 0 Å². The van der Waals surface area contributed by atoms with Crippen molar-refractivity contribution in [1.82, 2.24) is 0 Å². The first-order valence-corrected chi connectivity index (χ1v) is 6.14. The van der Waals surface area contributed by atoms with E-state index in [1.807, 2.05) is 0 Å². The van der Waals surface area contributed by atoms with Crippen molar-refractivity contribution >= 4 is 5.78 Å². The van der Waals surface area contributed by atoms with Gasteiger partial charge in [-0.3, -0.25) is 4.79 Å². The Bertz CT molecular complexity index is 189. The SMILES string of the molecule is CCCC(C)C(=O)C1(C)CCCCC1. The molecule has 14 heavy (non-hydrogen) atoms. The molecule has 1 aliphatic rings. The Labute approximate surface area is 88.3 Å². The first kappa shape index (κ1) is 11.7. The van der Waals surface area contributed by atoms with Crippen molar-refractivity contribution in [2.45, 2.75) is 65.7 Å². The highest BCUT2D eigenvalue weighted by atomic mass is 16.1. The molecule has 1 aliphatic carbocycles. The molecule has 0 amide bonds. The zero-order valence-electron chi connectivity index (χ0n) is 9.94. The fourth-order valence-electron chi connectivity index (χ4n) is 2.74. The molecule has 0 aromatic heterocycles. The maximum Gasteiger partial charge on any atom is 0.141 e. The Morgan fingerprint density at radius 1 is 1.29 bits per heavy atom. The van der Waals surface area contributed by atoms with Gasteiger partial charge in [-0.2, -0.15) is 0 Å². The summed E-state index contributed by atoms with van der Waals surface area (Å²) in [7, 11) is 0.